The van der Waals surface area contributed by atoms with Crippen molar-refractivity contribution in [3.05, 3.63) is 53.9 Å². The molecule has 2 aromatic carbocycles. The Morgan fingerprint density at radius 1 is 1.15 bits per heavy atom. The van der Waals surface area contributed by atoms with Crippen LogP contribution in [0.3, 0.4) is 0 Å². The lowest BCUT2D eigenvalue weighted by molar-refractivity contribution is -0.116. The summed E-state index contributed by atoms with van der Waals surface area (Å²) in [5.74, 6) is 2.86. The molecule has 2 N–H and O–H groups in total. The molecule has 2 heterocycles. The maximum Gasteiger partial charge on any atom is 0.231 e. The minimum Gasteiger partial charge on any atom is -0.454 e. The number of benzene rings is 2. The minimum atomic E-state index is -0.0378. The number of anilines is 1. The van der Waals surface area contributed by atoms with Crippen molar-refractivity contribution < 1.29 is 14.3 Å². The summed E-state index contributed by atoms with van der Waals surface area (Å²) in [5, 5.41) is 9.84. The second-order valence-corrected chi connectivity index (χ2v) is 6.06. The van der Waals surface area contributed by atoms with Crippen LogP contribution in [0.25, 0.3) is 11.4 Å². The smallest absolute Gasteiger partial charge is 0.231 e. The number of carbonyl (C=O) groups excluding carboxylic acids is 1. The zero-order valence-corrected chi connectivity index (χ0v) is 14.3. The minimum absolute atomic E-state index is 0.0378. The van der Waals surface area contributed by atoms with Crippen molar-refractivity contribution in [2.75, 3.05) is 12.1 Å². The van der Waals surface area contributed by atoms with E-state index in [0.717, 1.165) is 34.1 Å². The molecule has 0 bridgehead atoms. The SMILES string of the molecule is Cc1nc(-c2ccc(NC(=O)CCc3ccc4c(c3)OCO4)cc2)n[nH]1. The summed E-state index contributed by atoms with van der Waals surface area (Å²) in [6.45, 7) is 2.11. The van der Waals surface area contributed by atoms with E-state index in [1.54, 1.807) is 0 Å². The molecule has 1 aromatic heterocycles. The Balaban J connectivity index is 1.33. The maximum absolute atomic E-state index is 12.2. The van der Waals surface area contributed by atoms with Gasteiger partial charge in [0.05, 0.1) is 0 Å². The van der Waals surface area contributed by atoms with Gasteiger partial charge in [-0.25, -0.2) is 4.98 Å². The highest BCUT2D eigenvalue weighted by Crippen LogP contribution is 2.32. The number of aromatic amines is 1. The topological polar surface area (TPSA) is 89.1 Å². The van der Waals surface area contributed by atoms with E-state index in [1.807, 2.05) is 49.4 Å². The van der Waals surface area contributed by atoms with Crippen LogP contribution in [0.2, 0.25) is 0 Å². The molecule has 0 spiro atoms. The molecule has 0 unspecified atom stereocenters. The van der Waals surface area contributed by atoms with E-state index in [0.29, 0.717) is 18.7 Å². The molecule has 132 valence electrons. The Morgan fingerprint density at radius 3 is 2.73 bits per heavy atom. The van der Waals surface area contributed by atoms with Gasteiger partial charge in [-0.05, 0) is 55.3 Å². The Labute approximate surface area is 150 Å². The Bertz CT molecular complexity index is 934. The molecule has 1 amide bonds. The first-order chi connectivity index (χ1) is 12.7. The molecule has 4 rings (SSSR count). The lowest BCUT2D eigenvalue weighted by Crippen LogP contribution is -2.12. The van der Waals surface area contributed by atoms with E-state index in [9.17, 15) is 4.79 Å². The second kappa shape index (κ2) is 6.87. The summed E-state index contributed by atoms with van der Waals surface area (Å²) >= 11 is 0. The third-order valence-corrected chi connectivity index (χ3v) is 4.10. The van der Waals surface area contributed by atoms with Crippen LogP contribution in [0.15, 0.2) is 42.5 Å². The number of hydrogen-bond acceptors (Lipinski definition) is 5. The Kier molecular flexibility index (Phi) is 4.27. The molecule has 0 atom stereocenters. The summed E-state index contributed by atoms with van der Waals surface area (Å²) in [7, 11) is 0. The van der Waals surface area contributed by atoms with Crippen LogP contribution < -0.4 is 14.8 Å². The van der Waals surface area contributed by atoms with Gasteiger partial charge in [-0.1, -0.05) is 6.07 Å². The molecule has 7 heteroatoms. The first-order valence-corrected chi connectivity index (χ1v) is 8.35. The van der Waals surface area contributed by atoms with Crippen molar-refractivity contribution in [1.82, 2.24) is 15.2 Å². The fourth-order valence-corrected chi connectivity index (χ4v) is 2.75. The van der Waals surface area contributed by atoms with Crippen molar-refractivity contribution in [2.24, 2.45) is 0 Å². The van der Waals surface area contributed by atoms with Crippen LogP contribution in [0.5, 0.6) is 11.5 Å². The predicted octanol–water partition coefficient (Wildman–Crippen LogP) is 3.08. The van der Waals surface area contributed by atoms with Gasteiger partial charge in [-0.15, -0.1) is 0 Å². The quantitative estimate of drug-likeness (QED) is 0.738. The van der Waals surface area contributed by atoms with E-state index >= 15 is 0 Å². The van der Waals surface area contributed by atoms with Gasteiger partial charge in [0.15, 0.2) is 17.3 Å². The van der Waals surface area contributed by atoms with Gasteiger partial charge in [-0.2, -0.15) is 5.10 Å². The fraction of sp³-hybridized carbons (Fsp3) is 0.211. The van der Waals surface area contributed by atoms with Gasteiger partial charge >= 0.3 is 0 Å². The van der Waals surface area contributed by atoms with Crippen molar-refractivity contribution in [3.63, 3.8) is 0 Å². The normalized spacial score (nSPS) is 12.2. The molecule has 0 fully saturated rings. The molecule has 0 saturated carbocycles. The number of carbonyl (C=O) groups is 1. The molecule has 7 nitrogen and oxygen atoms in total. The van der Waals surface area contributed by atoms with Crippen LogP contribution in [0.4, 0.5) is 5.69 Å². The number of aryl methyl sites for hydroxylation is 2. The van der Waals surface area contributed by atoms with E-state index in [1.165, 1.54) is 0 Å². The lowest BCUT2D eigenvalue weighted by Gasteiger charge is -2.06. The summed E-state index contributed by atoms with van der Waals surface area (Å²) in [6.07, 6.45) is 1.03. The molecule has 0 radical (unpaired) electrons. The second-order valence-electron chi connectivity index (χ2n) is 6.06. The number of amides is 1. The fourth-order valence-electron chi connectivity index (χ4n) is 2.75. The first-order valence-electron chi connectivity index (χ1n) is 8.35. The van der Waals surface area contributed by atoms with Crippen molar-refractivity contribution in [3.8, 4) is 22.9 Å². The molecule has 3 aromatic rings. The monoisotopic (exact) mass is 350 g/mol. The number of rotatable bonds is 5. The number of hydrogen-bond donors (Lipinski definition) is 2. The first kappa shape index (κ1) is 16.1. The summed E-state index contributed by atoms with van der Waals surface area (Å²) < 4.78 is 10.6. The molecule has 1 aliphatic heterocycles. The summed E-state index contributed by atoms with van der Waals surface area (Å²) in [6, 6.07) is 13.2. The standard InChI is InChI=1S/C19H18N4O3/c1-12-20-19(23-22-12)14-4-6-15(7-5-14)21-18(24)9-3-13-2-8-16-17(10-13)26-11-25-16/h2,4-8,10H,3,9,11H2,1H3,(H,21,24)(H,20,22,23). The highest BCUT2D eigenvalue weighted by molar-refractivity contribution is 5.91. The molecule has 26 heavy (non-hydrogen) atoms. The molecular weight excluding hydrogens is 332 g/mol. The van der Waals surface area contributed by atoms with Crippen LogP contribution in [0.1, 0.15) is 17.8 Å². The Morgan fingerprint density at radius 2 is 1.96 bits per heavy atom. The number of fused-ring (bicyclic) bond motifs is 1. The molecule has 0 saturated heterocycles. The van der Waals surface area contributed by atoms with Gasteiger partial charge in [0.2, 0.25) is 12.7 Å². The van der Waals surface area contributed by atoms with Gasteiger partial charge < -0.3 is 14.8 Å². The predicted molar refractivity (Wildman–Crippen MR) is 96.1 cm³/mol. The van der Waals surface area contributed by atoms with Crippen molar-refractivity contribution in [1.29, 1.82) is 0 Å². The van der Waals surface area contributed by atoms with E-state index < -0.39 is 0 Å². The van der Waals surface area contributed by atoms with Crippen LogP contribution in [-0.4, -0.2) is 27.9 Å². The number of nitrogens with zero attached hydrogens (tertiary/aromatic N) is 2. The third kappa shape index (κ3) is 3.51. The molecular formula is C19H18N4O3. The number of aromatic nitrogens is 3. The summed E-state index contributed by atoms with van der Waals surface area (Å²) in [4.78, 5) is 16.5. The van der Waals surface area contributed by atoms with Gasteiger partial charge in [-0.3, -0.25) is 9.89 Å². The highest BCUT2D eigenvalue weighted by atomic mass is 16.7. The number of nitrogens with one attached hydrogen (secondary N) is 2. The van der Waals surface area contributed by atoms with Gasteiger partial charge in [0, 0.05) is 17.7 Å². The summed E-state index contributed by atoms with van der Waals surface area (Å²) in [5.41, 5.74) is 2.68. The lowest BCUT2D eigenvalue weighted by atomic mass is 10.1. The molecule has 1 aliphatic rings. The van der Waals surface area contributed by atoms with E-state index in [2.05, 4.69) is 20.5 Å². The Hall–Kier alpha value is -3.35. The average Bonchev–Trinajstić information content (AvgIpc) is 3.29. The largest absolute Gasteiger partial charge is 0.454 e. The zero-order chi connectivity index (χ0) is 17.9. The number of H-pyrrole nitrogens is 1. The van der Waals surface area contributed by atoms with E-state index in [-0.39, 0.29) is 12.7 Å². The van der Waals surface area contributed by atoms with Crippen molar-refractivity contribution in [2.45, 2.75) is 19.8 Å². The maximum atomic E-state index is 12.2. The van der Waals surface area contributed by atoms with E-state index in [4.69, 9.17) is 9.47 Å². The zero-order valence-electron chi connectivity index (χ0n) is 14.3. The number of ether oxygens (including phenoxy) is 2. The highest BCUT2D eigenvalue weighted by Gasteiger charge is 2.13. The van der Waals surface area contributed by atoms with Gasteiger partial charge in [0.1, 0.15) is 5.82 Å². The third-order valence-electron chi connectivity index (χ3n) is 4.10. The van der Waals surface area contributed by atoms with Crippen LogP contribution >= 0.6 is 0 Å². The van der Waals surface area contributed by atoms with Crippen LogP contribution in [-0.2, 0) is 11.2 Å². The molecule has 0 aliphatic carbocycles. The van der Waals surface area contributed by atoms with Crippen molar-refractivity contribution >= 4 is 11.6 Å². The van der Waals surface area contributed by atoms with Crippen LogP contribution in [0, 0.1) is 6.92 Å². The van der Waals surface area contributed by atoms with Gasteiger partial charge in [0.25, 0.3) is 0 Å². The average molecular weight is 350 g/mol.